The van der Waals surface area contributed by atoms with Gasteiger partial charge in [-0.25, -0.2) is 0 Å². The van der Waals surface area contributed by atoms with Gasteiger partial charge in [0, 0.05) is 4.90 Å². The van der Waals surface area contributed by atoms with Crippen LogP contribution in [0.4, 0.5) is 0 Å². The zero-order valence-electron chi connectivity index (χ0n) is 7.96. The van der Waals surface area contributed by atoms with E-state index < -0.39 is 0 Å². The van der Waals surface area contributed by atoms with Crippen LogP contribution < -0.4 is 0 Å². The molecule has 0 spiro atoms. The first-order chi connectivity index (χ1) is 5.65. The van der Waals surface area contributed by atoms with Crippen molar-refractivity contribution in [2.24, 2.45) is 0 Å². The molecule has 0 aromatic heterocycles. The molecule has 1 aromatic carbocycles. The summed E-state index contributed by atoms with van der Waals surface area (Å²) in [5, 5.41) is 0. The summed E-state index contributed by atoms with van der Waals surface area (Å²) in [6, 6.07) is 6.47. The Balaban J connectivity index is 3.01. The van der Waals surface area contributed by atoms with Gasteiger partial charge in [0.05, 0.1) is 0 Å². The summed E-state index contributed by atoms with van der Waals surface area (Å²) in [6.07, 6.45) is 1.18. The molecule has 1 aromatic rings. The van der Waals surface area contributed by atoms with Crippen LogP contribution in [-0.4, -0.2) is 0 Å². The second-order valence-corrected chi connectivity index (χ2v) is 3.85. The molecular weight excluding hydrogens is 164 g/mol. The fourth-order valence-corrected chi connectivity index (χ4v) is 1.79. The number of benzene rings is 1. The van der Waals surface area contributed by atoms with Crippen molar-refractivity contribution < 1.29 is 0 Å². The summed E-state index contributed by atoms with van der Waals surface area (Å²) in [6.45, 7) is 6.54. The van der Waals surface area contributed by atoms with Gasteiger partial charge in [0.25, 0.3) is 0 Å². The molecule has 66 valence electrons. The van der Waals surface area contributed by atoms with Crippen LogP contribution in [0, 0.1) is 6.92 Å². The lowest BCUT2D eigenvalue weighted by Crippen LogP contribution is -1.93. The Labute approximate surface area is 80.4 Å². The molecule has 0 fully saturated rings. The first kappa shape index (κ1) is 9.66. The van der Waals surface area contributed by atoms with Crippen LogP contribution in [0.1, 0.15) is 37.3 Å². The van der Waals surface area contributed by atoms with E-state index in [1.807, 2.05) is 0 Å². The van der Waals surface area contributed by atoms with Crippen LogP contribution >= 0.6 is 12.6 Å². The van der Waals surface area contributed by atoms with Gasteiger partial charge >= 0.3 is 0 Å². The Morgan fingerprint density at radius 3 is 2.58 bits per heavy atom. The van der Waals surface area contributed by atoms with Crippen LogP contribution in [-0.2, 0) is 0 Å². The Kier molecular flexibility index (Phi) is 3.21. The topological polar surface area (TPSA) is 0 Å². The second kappa shape index (κ2) is 3.99. The monoisotopic (exact) mass is 180 g/mol. The molecule has 1 unspecified atom stereocenters. The Morgan fingerprint density at radius 2 is 2.08 bits per heavy atom. The smallest absolute Gasteiger partial charge is 0.00773 e. The molecule has 0 amide bonds. The maximum absolute atomic E-state index is 4.46. The fourth-order valence-electron chi connectivity index (χ4n) is 1.29. The lowest BCUT2D eigenvalue weighted by molar-refractivity contribution is 0.719. The summed E-state index contributed by atoms with van der Waals surface area (Å²) in [4.78, 5) is 1.13. The molecule has 0 saturated carbocycles. The number of rotatable bonds is 2. The van der Waals surface area contributed by atoms with E-state index in [-0.39, 0.29) is 0 Å². The van der Waals surface area contributed by atoms with Crippen molar-refractivity contribution in [1.82, 2.24) is 0 Å². The van der Waals surface area contributed by atoms with Crippen molar-refractivity contribution in [1.29, 1.82) is 0 Å². The van der Waals surface area contributed by atoms with E-state index in [0.29, 0.717) is 5.92 Å². The number of hydrogen-bond donors (Lipinski definition) is 1. The third-order valence-corrected chi connectivity index (χ3v) is 2.72. The van der Waals surface area contributed by atoms with E-state index in [2.05, 4.69) is 51.6 Å². The molecular formula is C11H16S. The zero-order valence-corrected chi connectivity index (χ0v) is 8.86. The van der Waals surface area contributed by atoms with E-state index in [1.165, 1.54) is 17.5 Å². The SMILES string of the molecule is CCC(C)c1ccc(C)cc1S. The Morgan fingerprint density at radius 1 is 1.42 bits per heavy atom. The maximum Gasteiger partial charge on any atom is 0.00773 e. The maximum atomic E-state index is 4.46. The lowest BCUT2D eigenvalue weighted by atomic mass is 9.98. The fraction of sp³-hybridized carbons (Fsp3) is 0.455. The highest BCUT2D eigenvalue weighted by molar-refractivity contribution is 7.80. The summed E-state index contributed by atoms with van der Waals surface area (Å²) < 4.78 is 0. The van der Waals surface area contributed by atoms with Crippen molar-refractivity contribution in [2.45, 2.75) is 38.0 Å². The molecule has 1 heteroatoms. The minimum Gasteiger partial charge on any atom is -0.143 e. The molecule has 0 nitrogen and oxygen atoms in total. The Hall–Kier alpha value is -0.430. The van der Waals surface area contributed by atoms with E-state index >= 15 is 0 Å². The molecule has 0 saturated heterocycles. The average molecular weight is 180 g/mol. The normalized spacial score (nSPS) is 13.0. The number of hydrogen-bond acceptors (Lipinski definition) is 1. The van der Waals surface area contributed by atoms with Gasteiger partial charge in [0.2, 0.25) is 0 Å². The summed E-state index contributed by atoms with van der Waals surface area (Å²) in [5.41, 5.74) is 2.65. The number of aryl methyl sites for hydroxylation is 1. The van der Waals surface area contributed by atoms with Gasteiger partial charge in [-0.3, -0.25) is 0 Å². The molecule has 0 heterocycles. The van der Waals surface area contributed by atoms with E-state index in [1.54, 1.807) is 0 Å². The van der Waals surface area contributed by atoms with Gasteiger partial charge in [-0.2, -0.15) is 0 Å². The van der Waals surface area contributed by atoms with Crippen LogP contribution in [0.15, 0.2) is 23.1 Å². The van der Waals surface area contributed by atoms with Gasteiger partial charge in [-0.05, 0) is 30.9 Å². The zero-order chi connectivity index (χ0) is 9.14. The predicted octanol–water partition coefficient (Wildman–Crippen LogP) is 3.80. The third kappa shape index (κ3) is 2.04. The van der Waals surface area contributed by atoms with Gasteiger partial charge in [-0.15, -0.1) is 12.6 Å². The quantitative estimate of drug-likeness (QED) is 0.658. The largest absolute Gasteiger partial charge is 0.143 e. The minimum atomic E-state index is 0.623. The third-order valence-electron chi connectivity index (χ3n) is 2.33. The van der Waals surface area contributed by atoms with Gasteiger partial charge < -0.3 is 0 Å². The molecule has 0 N–H and O–H groups in total. The molecule has 1 rings (SSSR count). The van der Waals surface area contributed by atoms with E-state index in [0.717, 1.165) is 4.90 Å². The van der Waals surface area contributed by atoms with Crippen LogP contribution in [0.2, 0.25) is 0 Å². The molecule has 12 heavy (non-hydrogen) atoms. The highest BCUT2D eigenvalue weighted by atomic mass is 32.1. The van der Waals surface area contributed by atoms with Gasteiger partial charge in [0.1, 0.15) is 0 Å². The molecule has 0 aliphatic rings. The van der Waals surface area contributed by atoms with E-state index in [9.17, 15) is 0 Å². The van der Waals surface area contributed by atoms with E-state index in [4.69, 9.17) is 0 Å². The van der Waals surface area contributed by atoms with Crippen LogP contribution in [0.25, 0.3) is 0 Å². The number of thiol groups is 1. The molecule has 0 aliphatic carbocycles. The standard InChI is InChI=1S/C11H16S/c1-4-9(3)10-6-5-8(2)7-11(10)12/h5-7,9,12H,4H2,1-3H3. The molecule has 0 aliphatic heterocycles. The van der Waals surface area contributed by atoms with Crippen molar-refractivity contribution in [3.63, 3.8) is 0 Å². The lowest BCUT2D eigenvalue weighted by Gasteiger charge is -2.11. The van der Waals surface area contributed by atoms with Crippen molar-refractivity contribution in [3.8, 4) is 0 Å². The van der Waals surface area contributed by atoms with Crippen molar-refractivity contribution >= 4 is 12.6 Å². The summed E-state index contributed by atoms with van der Waals surface area (Å²) >= 11 is 4.46. The Bertz CT molecular complexity index is 266. The van der Waals surface area contributed by atoms with Crippen molar-refractivity contribution in [3.05, 3.63) is 29.3 Å². The molecule has 1 atom stereocenters. The average Bonchev–Trinajstić information content (AvgIpc) is 2.03. The van der Waals surface area contributed by atoms with Crippen LogP contribution in [0.3, 0.4) is 0 Å². The first-order valence-electron chi connectivity index (χ1n) is 4.44. The first-order valence-corrected chi connectivity index (χ1v) is 4.89. The highest BCUT2D eigenvalue weighted by Crippen LogP contribution is 2.25. The van der Waals surface area contributed by atoms with Gasteiger partial charge in [0.15, 0.2) is 0 Å². The minimum absolute atomic E-state index is 0.623. The van der Waals surface area contributed by atoms with Crippen molar-refractivity contribution in [2.75, 3.05) is 0 Å². The summed E-state index contributed by atoms with van der Waals surface area (Å²) in [5.74, 6) is 0.623. The van der Waals surface area contributed by atoms with Crippen LogP contribution in [0.5, 0.6) is 0 Å². The van der Waals surface area contributed by atoms with Gasteiger partial charge in [-0.1, -0.05) is 31.5 Å². The highest BCUT2D eigenvalue weighted by Gasteiger charge is 2.05. The summed E-state index contributed by atoms with van der Waals surface area (Å²) in [7, 11) is 0. The predicted molar refractivity (Wildman–Crippen MR) is 57.1 cm³/mol. The molecule has 0 bridgehead atoms. The second-order valence-electron chi connectivity index (χ2n) is 3.37. The molecule has 0 radical (unpaired) electrons.